The Bertz CT molecular complexity index is 674. The van der Waals surface area contributed by atoms with E-state index in [9.17, 15) is 13.6 Å². The van der Waals surface area contributed by atoms with E-state index in [0.717, 1.165) is 12.1 Å². The molecule has 0 fully saturated rings. The standard InChI is InChI=1S/C13H7Br2F2NO/c14-8-5-9(16)7(4-10(8)17)13(19)6-2-1-3-11(18)12(6)15/h1-5H,18H2. The summed E-state index contributed by atoms with van der Waals surface area (Å²) in [6, 6.07) is 6.43. The minimum Gasteiger partial charge on any atom is -0.398 e. The van der Waals surface area contributed by atoms with Crippen molar-refractivity contribution in [3.05, 3.63) is 62.0 Å². The van der Waals surface area contributed by atoms with Crippen LogP contribution in [0.5, 0.6) is 0 Å². The average Bonchev–Trinajstić information content (AvgIpc) is 2.36. The number of hydrogen-bond donors (Lipinski definition) is 1. The highest BCUT2D eigenvalue weighted by Crippen LogP contribution is 2.28. The van der Waals surface area contributed by atoms with E-state index < -0.39 is 17.4 Å². The van der Waals surface area contributed by atoms with Crippen molar-refractivity contribution in [3.63, 3.8) is 0 Å². The predicted molar refractivity (Wildman–Crippen MR) is 76.0 cm³/mol. The monoisotopic (exact) mass is 389 g/mol. The quantitative estimate of drug-likeness (QED) is 0.472. The van der Waals surface area contributed by atoms with Gasteiger partial charge in [-0.15, -0.1) is 0 Å². The molecule has 0 aliphatic rings. The van der Waals surface area contributed by atoms with E-state index in [-0.39, 0.29) is 15.6 Å². The summed E-state index contributed by atoms with van der Waals surface area (Å²) in [6.07, 6.45) is 0. The summed E-state index contributed by atoms with van der Waals surface area (Å²) in [5.74, 6) is -2.14. The molecule has 0 unspecified atom stereocenters. The van der Waals surface area contributed by atoms with E-state index in [2.05, 4.69) is 31.9 Å². The number of rotatable bonds is 2. The summed E-state index contributed by atoms with van der Waals surface area (Å²) in [5, 5.41) is 0. The number of halogens is 4. The first-order valence-corrected chi connectivity index (χ1v) is 6.73. The Morgan fingerprint density at radius 3 is 2.42 bits per heavy atom. The fourth-order valence-corrected chi connectivity index (χ4v) is 2.33. The molecule has 0 aromatic heterocycles. The van der Waals surface area contributed by atoms with E-state index in [1.54, 1.807) is 12.1 Å². The van der Waals surface area contributed by atoms with Crippen molar-refractivity contribution in [2.24, 2.45) is 0 Å². The van der Waals surface area contributed by atoms with E-state index in [0.29, 0.717) is 10.2 Å². The minimum atomic E-state index is -0.799. The maximum Gasteiger partial charge on any atom is 0.197 e. The molecule has 0 spiro atoms. The van der Waals surface area contributed by atoms with Crippen LogP contribution < -0.4 is 5.73 Å². The van der Waals surface area contributed by atoms with Crippen LogP contribution in [0.1, 0.15) is 15.9 Å². The van der Waals surface area contributed by atoms with Gasteiger partial charge in [0, 0.05) is 11.3 Å². The third-order valence-corrected chi connectivity index (χ3v) is 4.02. The number of anilines is 1. The average molecular weight is 391 g/mol. The van der Waals surface area contributed by atoms with Crippen LogP contribution in [0.3, 0.4) is 0 Å². The van der Waals surface area contributed by atoms with E-state index >= 15 is 0 Å². The summed E-state index contributed by atoms with van der Waals surface area (Å²) in [5.41, 5.74) is 5.85. The number of carbonyl (C=O) groups is 1. The van der Waals surface area contributed by atoms with Gasteiger partial charge in [-0.2, -0.15) is 0 Å². The van der Waals surface area contributed by atoms with Crippen LogP contribution in [0, 0.1) is 11.6 Å². The molecular weight excluding hydrogens is 384 g/mol. The Hall–Kier alpha value is -1.27. The van der Waals surface area contributed by atoms with Gasteiger partial charge in [-0.3, -0.25) is 4.79 Å². The summed E-state index contributed by atoms with van der Waals surface area (Å²) < 4.78 is 27.5. The highest BCUT2D eigenvalue weighted by Gasteiger charge is 2.19. The van der Waals surface area contributed by atoms with Crippen molar-refractivity contribution in [1.29, 1.82) is 0 Å². The minimum absolute atomic E-state index is 0.0341. The first-order chi connectivity index (χ1) is 8.91. The Balaban J connectivity index is 2.56. The summed E-state index contributed by atoms with van der Waals surface area (Å²) in [7, 11) is 0. The zero-order valence-electron chi connectivity index (χ0n) is 9.38. The number of carbonyl (C=O) groups excluding carboxylic acids is 1. The zero-order valence-corrected chi connectivity index (χ0v) is 12.6. The van der Waals surface area contributed by atoms with Crippen molar-refractivity contribution in [2.75, 3.05) is 5.73 Å². The van der Waals surface area contributed by atoms with Crippen LogP contribution >= 0.6 is 31.9 Å². The van der Waals surface area contributed by atoms with Gasteiger partial charge in [-0.05, 0) is 56.1 Å². The smallest absolute Gasteiger partial charge is 0.197 e. The molecule has 19 heavy (non-hydrogen) atoms. The van der Waals surface area contributed by atoms with Crippen molar-refractivity contribution < 1.29 is 13.6 Å². The molecule has 0 aliphatic carbocycles. The third-order valence-electron chi connectivity index (χ3n) is 2.53. The molecule has 0 bridgehead atoms. The van der Waals surface area contributed by atoms with Gasteiger partial charge in [0.25, 0.3) is 0 Å². The molecule has 0 saturated carbocycles. The van der Waals surface area contributed by atoms with Crippen molar-refractivity contribution in [3.8, 4) is 0 Å². The number of ketones is 1. The van der Waals surface area contributed by atoms with Gasteiger partial charge < -0.3 is 5.73 Å². The molecule has 2 rings (SSSR count). The molecule has 0 aliphatic heterocycles. The largest absolute Gasteiger partial charge is 0.398 e. The molecule has 2 aromatic rings. The molecule has 0 heterocycles. The molecule has 0 amide bonds. The molecule has 0 radical (unpaired) electrons. The Morgan fingerprint density at radius 2 is 1.74 bits per heavy atom. The first-order valence-electron chi connectivity index (χ1n) is 5.15. The lowest BCUT2D eigenvalue weighted by atomic mass is 10.0. The van der Waals surface area contributed by atoms with Crippen LogP contribution in [0.4, 0.5) is 14.5 Å². The number of nitrogen functional groups attached to an aromatic ring is 1. The highest BCUT2D eigenvalue weighted by atomic mass is 79.9. The lowest BCUT2D eigenvalue weighted by molar-refractivity contribution is 0.103. The number of hydrogen-bond acceptors (Lipinski definition) is 2. The fraction of sp³-hybridized carbons (Fsp3) is 0. The summed E-state index contributed by atoms with van der Waals surface area (Å²) in [6.45, 7) is 0. The van der Waals surface area contributed by atoms with Gasteiger partial charge in [0.2, 0.25) is 0 Å². The maximum absolute atomic E-state index is 13.7. The van der Waals surface area contributed by atoms with Gasteiger partial charge in [-0.1, -0.05) is 6.07 Å². The molecular formula is C13H7Br2F2NO. The van der Waals surface area contributed by atoms with Crippen LogP contribution in [0.25, 0.3) is 0 Å². The zero-order chi connectivity index (χ0) is 14.2. The second-order valence-corrected chi connectivity index (χ2v) is 5.43. The highest BCUT2D eigenvalue weighted by molar-refractivity contribution is 9.11. The van der Waals surface area contributed by atoms with Gasteiger partial charge in [-0.25, -0.2) is 8.78 Å². The van der Waals surface area contributed by atoms with Gasteiger partial charge >= 0.3 is 0 Å². The van der Waals surface area contributed by atoms with Gasteiger partial charge in [0.15, 0.2) is 5.78 Å². The summed E-state index contributed by atoms with van der Waals surface area (Å²) in [4.78, 5) is 12.2. The lowest BCUT2D eigenvalue weighted by Crippen LogP contribution is -2.07. The Kier molecular flexibility index (Phi) is 4.01. The lowest BCUT2D eigenvalue weighted by Gasteiger charge is -2.07. The van der Waals surface area contributed by atoms with Crippen molar-refractivity contribution in [1.82, 2.24) is 0 Å². The first kappa shape index (κ1) is 14.1. The van der Waals surface area contributed by atoms with E-state index in [1.165, 1.54) is 6.07 Å². The topological polar surface area (TPSA) is 43.1 Å². The number of nitrogens with two attached hydrogens (primary N) is 1. The normalized spacial score (nSPS) is 10.5. The van der Waals surface area contributed by atoms with Crippen LogP contribution in [-0.2, 0) is 0 Å². The predicted octanol–water partition coefficient (Wildman–Crippen LogP) is 4.30. The fourth-order valence-electron chi connectivity index (χ4n) is 1.57. The molecule has 2 N–H and O–H groups in total. The molecule has 2 nitrogen and oxygen atoms in total. The third kappa shape index (κ3) is 2.69. The molecule has 2 aromatic carbocycles. The van der Waals surface area contributed by atoms with Crippen LogP contribution in [0.15, 0.2) is 39.3 Å². The Morgan fingerprint density at radius 1 is 1.05 bits per heavy atom. The second kappa shape index (κ2) is 5.38. The Labute approximate surface area is 124 Å². The van der Waals surface area contributed by atoms with Crippen molar-refractivity contribution >= 4 is 43.3 Å². The van der Waals surface area contributed by atoms with Gasteiger partial charge in [0.1, 0.15) is 11.6 Å². The molecule has 0 atom stereocenters. The SMILES string of the molecule is Nc1cccc(C(=O)c2cc(F)c(Br)cc2F)c1Br. The van der Waals surface area contributed by atoms with E-state index in [1.807, 2.05) is 0 Å². The summed E-state index contributed by atoms with van der Waals surface area (Å²) >= 11 is 6.02. The maximum atomic E-state index is 13.7. The second-order valence-electron chi connectivity index (χ2n) is 3.78. The number of benzene rings is 2. The van der Waals surface area contributed by atoms with E-state index in [4.69, 9.17) is 5.73 Å². The van der Waals surface area contributed by atoms with Crippen LogP contribution in [0.2, 0.25) is 0 Å². The molecule has 98 valence electrons. The van der Waals surface area contributed by atoms with Crippen LogP contribution in [-0.4, -0.2) is 5.78 Å². The molecule has 6 heteroatoms. The molecule has 0 saturated heterocycles. The van der Waals surface area contributed by atoms with Gasteiger partial charge in [0.05, 0.1) is 14.5 Å². The van der Waals surface area contributed by atoms with Crippen molar-refractivity contribution in [2.45, 2.75) is 0 Å².